The van der Waals surface area contributed by atoms with Gasteiger partial charge in [-0.25, -0.2) is 0 Å². The Labute approximate surface area is 243 Å². The zero-order chi connectivity index (χ0) is 28.7. The van der Waals surface area contributed by atoms with Crippen molar-refractivity contribution in [3.8, 4) is 0 Å². The second-order valence-electron chi connectivity index (χ2n) is 11.7. The Morgan fingerprint density at radius 2 is 0.974 bits per heavy atom. The first kappa shape index (κ1) is 37.7. The van der Waals surface area contributed by atoms with Gasteiger partial charge in [0.15, 0.2) is 0 Å². The molecule has 0 fully saturated rings. The minimum Gasteiger partial charge on any atom is -0.481 e. The number of esters is 1. The Hall–Kier alpha value is -1.32. The smallest absolute Gasteiger partial charge is 0.306 e. The van der Waals surface area contributed by atoms with E-state index in [0.29, 0.717) is 6.42 Å². The highest BCUT2D eigenvalue weighted by Gasteiger charge is 2.11. The lowest BCUT2D eigenvalue weighted by atomic mass is 10.0. The normalized spacial score (nSPS) is 12.3. The molecule has 0 heterocycles. The van der Waals surface area contributed by atoms with Crippen molar-refractivity contribution < 1.29 is 19.4 Å². The van der Waals surface area contributed by atoms with E-state index in [1.807, 2.05) is 0 Å². The van der Waals surface area contributed by atoms with E-state index in [9.17, 15) is 9.59 Å². The number of hydrogen-bond acceptors (Lipinski definition) is 3. The van der Waals surface area contributed by atoms with Crippen molar-refractivity contribution in [2.75, 3.05) is 0 Å². The summed E-state index contributed by atoms with van der Waals surface area (Å²) in [6.07, 6.45) is 36.8. The van der Waals surface area contributed by atoms with Crippen molar-refractivity contribution in [2.24, 2.45) is 0 Å². The molecule has 1 atom stereocenters. The van der Waals surface area contributed by atoms with Crippen LogP contribution >= 0.6 is 0 Å². The zero-order valence-corrected chi connectivity index (χ0v) is 26.2. The van der Waals surface area contributed by atoms with Gasteiger partial charge >= 0.3 is 11.9 Å². The van der Waals surface area contributed by atoms with Crippen LogP contribution in [0.2, 0.25) is 0 Å². The molecule has 0 aromatic carbocycles. The summed E-state index contributed by atoms with van der Waals surface area (Å²) >= 11 is 0. The number of carboxylic acids is 1. The lowest BCUT2D eigenvalue weighted by Crippen LogP contribution is -2.16. The van der Waals surface area contributed by atoms with E-state index >= 15 is 0 Å². The molecule has 0 saturated heterocycles. The minimum absolute atomic E-state index is 0.0648. The van der Waals surface area contributed by atoms with Gasteiger partial charge in [0.1, 0.15) is 6.10 Å². The number of aliphatic carboxylic acids is 1. The monoisotopic (exact) mass is 550 g/mol. The molecular weight excluding hydrogens is 484 g/mol. The van der Waals surface area contributed by atoms with Crippen LogP contribution in [0.4, 0.5) is 0 Å². The average molecular weight is 551 g/mol. The van der Waals surface area contributed by atoms with Crippen molar-refractivity contribution in [3.63, 3.8) is 0 Å². The van der Waals surface area contributed by atoms with Crippen molar-refractivity contribution >= 4 is 11.9 Å². The molecule has 1 unspecified atom stereocenters. The minimum atomic E-state index is -0.721. The first-order valence-electron chi connectivity index (χ1n) is 17.2. The van der Waals surface area contributed by atoms with Gasteiger partial charge in [-0.3, -0.25) is 9.59 Å². The summed E-state index contributed by atoms with van der Waals surface area (Å²) in [4.78, 5) is 23.1. The molecule has 39 heavy (non-hydrogen) atoms. The molecule has 1 N–H and O–H groups in total. The van der Waals surface area contributed by atoms with Gasteiger partial charge in [-0.15, -0.1) is 0 Å². The lowest BCUT2D eigenvalue weighted by molar-refractivity contribution is -0.147. The number of allylic oxidation sites excluding steroid dienone is 1. The van der Waals surface area contributed by atoms with Gasteiger partial charge in [0, 0.05) is 12.8 Å². The highest BCUT2D eigenvalue weighted by Crippen LogP contribution is 2.16. The molecule has 4 nitrogen and oxygen atoms in total. The molecule has 0 aliphatic heterocycles. The number of carboxylic acid groups (broad SMARTS) is 1. The highest BCUT2D eigenvalue weighted by molar-refractivity contribution is 5.69. The van der Waals surface area contributed by atoms with Crippen molar-refractivity contribution in [1.82, 2.24) is 0 Å². The third-order valence-corrected chi connectivity index (χ3v) is 7.72. The third kappa shape index (κ3) is 31.1. The maximum absolute atomic E-state index is 12.4. The maximum Gasteiger partial charge on any atom is 0.306 e. The Morgan fingerprint density at radius 1 is 0.564 bits per heavy atom. The van der Waals surface area contributed by atoms with Crippen molar-refractivity contribution in [1.29, 1.82) is 0 Å². The van der Waals surface area contributed by atoms with E-state index in [0.717, 1.165) is 51.4 Å². The SMILES string of the molecule is CCCCC/C=C\C(CCCCCCC(=O)O)OC(=O)CCCCCCCCCCCCCCCCCCC. The third-order valence-electron chi connectivity index (χ3n) is 7.72. The molecule has 0 radical (unpaired) electrons. The van der Waals surface area contributed by atoms with Gasteiger partial charge < -0.3 is 9.84 Å². The fraction of sp³-hybridized carbons (Fsp3) is 0.886. The topological polar surface area (TPSA) is 63.6 Å². The summed E-state index contributed by atoms with van der Waals surface area (Å²) in [6, 6.07) is 0. The van der Waals surface area contributed by atoms with Crippen molar-refractivity contribution in [3.05, 3.63) is 12.2 Å². The van der Waals surface area contributed by atoms with Gasteiger partial charge in [-0.2, -0.15) is 0 Å². The number of unbranched alkanes of at least 4 members (excludes halogenated alkanes) is 22. The Kier molecular flexibility index (Phi) is 30.2. The van der Waals surface area contributed by atoms with Gasteiger partial charge in [0.05, 0.1) is 0 Å². The fourth-order valence-corrected chi connectivity index (χ4v) is 5.15. The standard InChI is InChI=1S/C35H66O4/c1-3-5-7-9-10-11-12-13-14-15-16-17-18-19-20-22-28-32-35(38)39-33(29-25-21-8-6-4-2)30-26-23-24-27-31-34(36)37/h25,29,33H,3-24,26-28,30-32H2,1-2H3,(H,36,37)/b29-25-. The van der Waals surface area contributed by atoms with Gasteiger partial charge in [0.2, 0.25) is 0 Å². The molecule has 0 spiro atoms. The van der Waals surface area contributed by atoms with E-state index in [-0.39, 0.29) is 18.5 Å². The molecule has 0 rings (SSSR count). The van der Waals surface area contributed by atoms with Crippen LogP contribution in [-0.2, 0) is 14.3 Å². The second kappa shape index (κ2) is 31.2. The number of carbonyl (C=O) groups excluding carboxylic acids is 1. The lowest BCUT2D eigenvalue weighted by Gasteiger charge is -2.15. The molecule has 0 aliphatic rings. The van der Waals surface area contributed by atoms with Crippen LogP contribution in [0.5, 0.6) is 0 Å². The van der Waals surface area contributed by atoms with Gasteiger partial charge in [0.25, 0.3) is 0 Å². The van der Waals surface area contributed by atoms with Crippen LogP contribution in [0.15, 0.2) is 12.2 Å². The predicted octanol–water partition coefficient (Wildman–Crippen LogP) is 11.5. The zero-order valence-electron chi connectivity index (χ0n) is 26.2. The van der Waals surface area contributed by atoms with Crippen LogP contribution in [0.25, 0.3) is 0 Å². The second-order valence-corrected chi connectivity index (χ2v) is 11.7. The largest absolute Gasteiger partial charge is 0.481 e. The van der Waals surface area contributed by atoms with Crippen LogP contribution in [0, 0.1) is 0 Å². The summed E-state index contributed by atoms with van der Waals surface area (Å²) in [5.41, 5.74) is 0. The van der Waals surface area contributed by atoms with E-state index in [2.05, 4.69) is 26.0 Å². The molecule has 4 heteroatoms. The summed E-state index contributed by atoms with van der Waals surface area (Å²) in [7, 11) is 0. The van der Waals surface area contributed by atoms with Gasteiger partial charge in [-0.1, -0.05) is 148 Å². The van der Waals surface area contributed by atoms with Crippen molar-refractivity contribution in [2.45, 2.75) is 200 Å². The van der Waals surface area contributed by atoms with Crippen LogP contribution in [0.1, 0.15) is 194 Å². The van der Waals surface area contributed by atoms with E-state index in [1.54, 1.807) is 0 Å². The molecule has 0 bridgehead atoms. The summed E-state index contributed by atoms with van der Waals surface area (Å²) in [5, 5.41) is 8.76. The van der Waals surface area contributed by atoms with E-state index < -0.39 is 5.97 Å². The maximum atomic E-state index is 12.4. The molecule has 0 aromatic rings. The molecule has 0 aliphatic carbocycles. The number of rotatable bonds is 31. The number of hydrogen-bond donors (Lipinski definition) is 1. The quantitative estimate of drug-likeness (QED) is 0.0529. The predicted molar refractivity (Wildman–Crippen MR) is 167 cm³/mol. The van der Waals surface area contributed by atoms with Crippen LogP contribution < -0.4 is 0 Å². The Morgan fingerprint density at radius 3 is 1.46 bits per heavy atom. The van der Waals surface area contributed by atoms with Crippen LogP contribution in [-0.4, -0.2) is 23.1 Å². The molecule has 0 amide bonds. The molecule has 0 aromatic heterocycles. The molecular formula is C35H66O4. The molecule has 0 saturated carbocycles. The van der Waals surface area contributed by atoms with Crippen LogP contribution in [0.3, 0.4) is 0 Å². The van der Waals surface area contributed by atoms with Gasteiger partial charge in [-0.05, 0) is 44.6 Å². The summed E-state index contributed by atoms with van der Waals surface area (Å²) in [6.45, 7) is 4.49. The first-order chi connectivity index (χ1) is 19.1. The summed E-state index contributed by atoms with van der Waals surface area (Å²) in [5.74, 6) is -0.786. The number of carbonyl (C=O) groups is 2. The average Bonchev–Trinajstić information content (AvgIpc) is 2.91. The summed E-state index contributed by atoms with van der Waals surface area (Å²) < 4.78 is 5.81. The molecule has 230 valence electrons. The number of ether oxygens (including phenoxy) is 1. The highest BCUT2D eigenvalue weighted by atomic mass is 16.5. The Balaban J connectivity index is 3.78. The fourth-order valence-electron chi connectivity index (χ4n) is 5.15. The van der Waals surface area contributed by atoms with E-state index in [1.165, 1.54) is 116 Å². The van der Waals surface area contributed by atoms with E-state index in [4.69, 9.17) is 9.84 Å². The first-order valence-corrected chi connectivity index (χ1v) is 17.2. The Bertz CT molecular complexity index is 557.